The lowest BCUT2D eigenvalue weighted by atomic mass is 9.91. The number of nitrogens with one attached hydrogen (secondary N) is 2. The van der Waals surface area contributed by atoms with Gasteiger partial charge in [0.15, 0.2) is 6.10 Å². The lowest BCUT2D eigenvalue weighted by Gasteiger charge is -2.31. The lowest BCUT2D eigenvalue weighted by molar-refractivity contribution is -0.128. The molecule has 1 aromatic heterocycles. The minimum absolute atomic E-state index is 0.0741. The molecule has 1 saturated heterocycles. The van der Waals surface area contributed by atoms with Crippen molar-refractivity contribution >= 4 is 28.4 Å². The van der Waals surface area contributed by atoms with Gasteiger partial charge >= 0.3 is 0 Å². The Balaban J connectivity index is 1.70. The average Bonchev–Trinajstić information content (AvgIpc) is 3.32. The molecule has 1 unspecified atom stereocenters. The Morgan fingerprint density at radius 3 is 2.67 bits per heavy atom. The molecule has 190 valence electrons. The molecule has 0 aliphatic carbocycles. The van der Waals surface area contributed by atoms with Crippen LogP contribution in [0.3, 0.4) is 0 Å². The number of hydrogen-bond donors (Lipinski definition) is 3. The smallest absolute Gasteiger partial charge is 0.261 e. The third-order valence-corrected chi connectivity index (χ3v) is 6.33. The van der Waals surface area contributed by atoms with Crippen molar-refractivity contribution in [2.75, 3.05) is 45.7 Å². The number of β-amino-alcohol motifs (C(OH)–C–C–N with tert-alkyl or cyclic N) is 1. The number of likely N-dealkylation sites (tertiary alicyclic amines) is 1. The quantitative estimate of drug-likeness (QED) is 0.398. The molecule has 0 spiro atoms. The number of benzene rings is 2. The van der Waals surface area contributed by atoms with E-state index in [4.69, 9.17) is 9.47 Å². The zero-order chi connectivity index (χ0) is 25.5. The van der Waals surface area contributed by atoms with Gasteiger partial charge in [0, 0.05) is 51.3 Å². The standard InChI is InChI=1S/C27H32N4O5/c1-28-27(34)26(21(18-7-4-3-5-8-18)16-31-14-12-19(32)15-31)36-23-11-10-22(30-24(33)17-35-2)25-20(23)9-6-13-29-25/h3-11,13,19,21,26,32H,12,14-17H2,1-2H3,(H,28,34)(H,30,33)/t19-,21+,26?/m0/s1. The molecule has 9 nitrogen and oxygen atoms in total. The van der Waals surface area contributed by atoms with E-state index in [2.05, 4.69) is 20.5 Å². The summed E-state index contributed by atoms with van der Waals surface area (Å²) < 4.78 is 11.4. The molecular formula is C27H32N4O5. The van der Waals surface area contributed by atoms with Crippen molar-refractivity contribution in [3.63, 3.8) is 0 Å². The molecule has 36 heavy (non-hydrogen) atoms. The fourth-order valence-corrected chi connectivity index (χ4v) is 4.60. The van der Waals surface area contributed by atoms with E-state index in [1.54, 1.807) is 31.4 Å². The molecule has 3 N–H and O–H groups in total. The zero-order valence-electron chi connectivity index (χ0n) is 20.5. The van der Waals surface area contributed by atoms with Gasteiger partial charge in [-0.3, -0.25) is 19.5 Å². The van der Waals surface area contributed by atoms with Crippen molar-refractivity contribution in [1.29, 1.82) is 0 Å². The number of methoxy groups -OCH3 is 1. The van der Waals surface area contributed by atoms with Crippen LogP contribution >= 0.6 is 0 Å². The zero-order valence-corrected chi connectivity index (χ0v) is 20.5. The van der Waals surface area contributed by atoms with Crippen LogP contribution in [-0.4, -0.2) is 79.4 Å². The number of rotatable bonds is 10. The number of carbonyl (C=O) groups excluding carboxylic acids is 2. The summed E-state index contributed by atoms with van der Waals surface area (Å²) in [5.74, 6) is -0.348. The lowest BCUT2D eigenvalue weighted by Crippen LogP contribution is -2.44. The second-order valence-electron chi connectivity index (χ2n) is 8.86. The number of amides is 2. The number of aromatic nitrogens is 1. The molecular weight excluding hydrogens is 460 g/mol. The van der Waals surface area contributed by atoms with Crippen LogP contribution in [0.4, 0.5) is 5.69 Å². The van der Waals surface area contributed by atoms with Crippen LogP contribution in [0.1, 0.15) is 17.9 Å². The number of aliphatic hydroxyl groups excluding tert-OH is 1. The van der Waals surface area contributed by atoms with Gasteiger partial charge in [0.1, 0.15) is 12.4 Å². The van der Waals surface area contributed by atoms with Gasteiger partial charge in [0.05, 0.1) is 17.3 Å². The van der Waals surface area contributed by atoms with Crippen molar-refractivity contribution in [1.82, 2.24) is 15.2 Å². The Kier molecular flexibility index (Phi) is 8.48. The first-order valence-electron chi connectivity index (χ1n) is 12.0. The Bertz CT molecular complexity index is 1190. The third kappa shape index (κ3) is 5.99. The van der Waals surface area contributed by atoms with Crippen LogP contribution in [0, 0.1) is 0 Å². The van der Waals surface area contributed by atoms with Crippen LogP contribution in [0.25, 0.3) is 10.9 Å². The SMILES string of the molecule is CNC(=O)C(Oc1ccc(NC(=O)COC)c2ncccc12)[C@H](CN1CC[C@H](O)C1)c1ccccc1. The van der Waals surface area contributed by atoms with E-state index >= 15 is 0 Å². The average molecular weight is 493 g/mol. The van der Waals surface area contributed by atoms with Gasteiger partial charge in [-0.1, -0.05) is 30.3 Å². The molecule has 1 fully saturated rings. The van der Waals surface area contributed by atoms with E-state index in [-0.39, 0.29) is 30.4 Å². The number of fused-ring (bicyclic) bond motifs is 1. The molecule has 0 radical (unpaired) electrons. The number of likely N-dealkylation sites (N-methyl/N-ethyl adjacent to an activating group) is 1. The minimum atomic E-state index is -0.840. The molecule has 0 saturated carbocycles. The monoisotopic (exact) mass is 492 g/mol. The third-order valence-electron chi connectivity index (χ3n) is 6.33. The predicted octanol–water partition coefficient (Wildman–Crippen LogP) is 2.16. The van der Waals surface area contributed by atoms with Gasteiger partial charge in [-0.05, 0) is 36.2 Å². The van der Waals surface area contributed by atoms with E-state index < -0.39 is 6.10 Å². The maximum Gasteiger partial charge on any atom is 0.261 e. The molecule has 0 bridgehead atoms. The van der Waals surface area contributed by atoms with Crippen LogP contribution in [0.5, 0.6) is 5.75 Å². The van der Waals surface area contributed by atoms with Crippen LogP contribution < -0.4 is 15.4 Å². The molecule has 1 aliphatic heterocycles. The first kappa shape index (κ1) is 25.6. The summed E-state index contributed by atoms with van der Waals surface area (Å²) in [6, 6.07) is 16.9. The van der Waals surface area contributed by atoms with Crippen molar-refractivity contribution in [3.8, 4) is 5.75 Å². The summed E-state index contributed by atoms with van der Waals surface area (Å²) in [6.07, 6.45) is 1.14. The summed E-state index contributed by atoms with van der Waals surface area (Å²) in [5, 5.41) is 16.3. The largest absolute Gasteiger partial charge is 0.479 e. The first-order valence-corrected chi connectivity index (χ1v) is 12.0. The van der Waals surface area contributed by atoms with Gasteiger partial charge in [0.25, 0.3) is 5.91 Å². The van der Waals surface area contributed by atoms with Gasteiger partial charge in [-0.25, -0.2) is 0 Å². The van der Waals surface area contributed by atoms with Gasteiger partial charge in [-0.15, -0.1) is 0 Å². The highest BCUT2D eigenvalue weighted by Crippen LogP contribution is 2.34. The normalized spacial score (nSPS) is 17.5. The Hall–Kier alpha value is -3.53. The van der Waals surface area contributed by atoms with Crippen LogP contribution in [0.2, 0.25) is 0 Å². The highest BCUT2D eigenvalue weighted by molar-refractivity contribution is 6.02. The Morgan fingerprint density at radius 1 is 1.17 bits per heavy atom. The minimum Gasteiger partial charge on any atom is -0.479 e. The maximum absolute atomic E-state index is 13.2. The summed E-state index contributed by atoms with van der Waals surface area (Å²) >= 11 is 0. The van der Waals surface area contributed by atoms with Crippen molar-refractivity contribution in [2.24, 2.45) is 0 Å². The van der Waals surface area contributed by atoms with Crippen molar-refractivity contribution < 1.29 is 24.2 Å². The predicted molar refractivity (Wildman–Crippen MR) is 137 cm³/mol. The highest BCUT2D eigenvalue weighted by Gasteiger charge is 2.35. The molecule has 3 atom stereocenters. The van der Waals surface area contributed by atoms with E-state index in [1.807, 2.05) is 36.4 Å². The van der Waals surface area contributed by atoms with Crippen LogP contribution in [0.15, 0.2) is 60.8 Å². The molecule has 4 rings (SSSR count). The second-order valence-corrected chi connectivity index (χ2v) is 8.86. The first-order chi connectivity index (χ1) is 17.5. The maximum atomic E-state index is 13.2. The number of carbonyl (C=O) groups is 2. The molecule has 2 amide bonds. The van der Waals surface area contributed by atoms with Crippen molar-refractivity contribution in [2.45, 2.75) is 24.5 Å². The number of aliphatic hydroxyl groups is 1. The van der Waals surface area contributed by atoms with Crippen LogP contribution in [-0.2, 0) is 14.3 Å². The second kappa shape index (κ2) is 11.9. The van der Waals surface area contributed by atoms with Gasteiger partial charge < -0.3 is 25.2 Å². The van der Waals surface area contributed by atoms with Gasteiger partial charge in [0.2, 0.25) is 5.91 Å². The van der Waals surface area contributed by atoms with E-state index in [0.29, 0.717) is 41.9 Å². The summed E-state index contributed by atoms with van der Waals surface area (Å²) in [6.45, 7) is 1.80. The fraction of sp³-hybridized carbons (Fsp3) is 0.370. The Labute approximate surface area is 210 Å². The number of ether oxygens (including phenoxy) is 2. The number of anilines is 1. The fourth-order valence-electron chi connectivity index (χ4n) is 4.60. The summed E-state index contributed by atoms with van der Waals surface area (Å²) in [4.78, 5) is 31.9. The van der Waals surface area contributed by atoms with Crippen molar-refractivity contribution in [3.05, 3.63) is 66.4 Å². The Morgan fingerprint density at radius 2 is 1.97 bits per heavy atom. The molecule has 2 aromatic carbocycles. The number of nitrogens with zero attached hydrogens (tertiary/aromatic N) is 2. The summed E-state index contributed by atoms with van der Waals surface area (Å²) in [7, 11) is 3.05. The molecule has 9 heteroatoms. The van der Waals surface area contributed by atoms with E-state index in [9.17, 15) is 14.7 Å². The molecule has 1 aliphatic rings. The molecule has 3 aromatic rings. The number of hydrogen-bond acceptors (Lipinski definition) is 7. The molecule has 2 heterocycles. The van der Waals surface area contributed by atoms with E-state index in [1.165, 1.54) is 7.11 Å². The van der Waals surface area contributed by atoms with E-state index in [0.717, 1.165) is 12.1 Å². The highest BCUT2D eigenvalue weighted by atomic mass is 16.5. The number of pyridine rings is 1. The summed E-state index contributed by atoms with van der Waals surface area (Å²) in [5.41, 5.74) is 2.05. The topological polar surface area (TPSA) is 113 Å². The van der Waals surface area contributed by atoms with Gasteiger partial charge in [-0.2, -0.15) is 0 Å².